The van der Waals surface area contributed by atoms with Crippen molar-refractivity contribution in [2.24, 2.45) is 0 Å². The Morgan fingerprint density at radius 1 is 1.16 bits per heavy atom. The second-order valence-electron chi connectivity index (χ2n) is 8.89. The number of anilines is 1. The molecular formula is C24H31N7O5S. The van der Waals surface area contributed by atoms with Gasteiger partial charge in [0.15, 0.2) is 22.3 Å². The zero-order valence-corrected chi connectivity index (χ0v) is 22.2. The number of benzene rings is 1. The first-order valence-corrected chi connectivity index (χ1v) is 13.0. The summed E-state index contributed by atoms with van der Waals surface area (Å²) in [4.78, 5) is 35.7. The molecule has 0 atom stereocenters. The number of nitro groups is 1. The van der Waals surface area contributed by atoms with Gasteiger partial charge >= 0.3 is 0 Å². The summed E-state index contributed by atoms with van der Waals surface area (Å²) in [6.45, 7) is 6.61. The maximum absolute atomic E-state index is 12.9. The second-order valence-corrected chi connectivity index (χ2v) is 10.4. The van der Waals surface area contributed by atoms with Crippen LogP contribution in [0.3, 0.4) is 0 Å². The molecule has 3 heterocycles. The van der Waals surface area contributed by atoms with Gasteiger partial charge in [-0.05, 0) is 19.3 Å². The fourth-order valence-electron chi connectivity index (χ4n) is 4.27. The van der Waals surface area contributed by atoms with Gasteiger partial charge in [0.1, 0.15) is 11.4 Å². The highest BCUT2D eigenvalue weighted by molar-refractivity contribution is 7.99. The lowest BCUT2D eigenvalue weighted by Crippen LogP contribution is -2.30. The molecule has 198 valence electrons. The highest BCUT2D eigenvalue weighted by Gasteiger charge is 2.25. The molecule has 1 fully saturated rings. The van der Waals surface area contributed by atoms with Gasteiger partial charge in [-0.15, -0.1) is 0 Å². The van der Waals surface area contributed by atoms with Crippen molar-refractivity contribution in [3.63, 3.8) is 0 Å². The molecule has 1 aromatic carbocycles. The van der Waals surface area contributed by atoms with Gasteiger partial charge in [0.2, 0.25) is 0 Å². The minimum atomic E-state index is -0.620. The molecule has 1 amide bonds. The molecule has 2 aromatic heterocycles. The van der Waals surface area contributed by atoms with Gasteiger partial charge < -0.3 is 19.7 Å². The maximum Gasteiger partial charge on any atom is 0.286 e. The largest absolute Gasteiger partial charge is 0.493 e. The van der Waals surface area contributed by atoms with E-state index in [1.165, 1.54) is 32.8 Å². The van der Waals surface area contributed by atoms with Crippen LogP contribution in [0.4, 0.5) is 11.5 Å². The van der Waals surface area contributed by atoms with E-state index in [-0.39, 0.29) is 29.3 Å². The second kappa shape index (κ2) is 11.6. The van der Waals surface area contributed by atoms with Crippen LogP contribution in [0.25, 0.3) is 11.0 Å². The van der Waals surface area contributed by atoms with Crippen molar-refractivity contribution in [1.82, 2.24) is 25.1 Å². The number of carbonyl (C=O) groups is 1. The molecule has 0 radical (unpaired) electrons. The summed E-state index contributed by atoms with van der Waals surface area (Å²) in [6, 6.07) is 2.49. The van der Waals surface area contributed by atoms with Gasteiger partial charge in [0.05, 0.1) is 43.3 Å². The number of hydrogen-bond donors (Lipinski definition) is 1. The number of rotatable bonds is 10. The van der Waals surface area contributed by atoms with Crippen LogP contribution >= 0.6 is 11.8 Å². The van der Waals surface area contributed by atoms with Crippen molar-refractivity contribution in [2.75, 3.05) is 38.8 Å². The monoisotopic (exact) mass is 529 g/mol. The summed E-state index contributed by atoms with van der Waals surface area (Å²) in [6.07, 6.45) is 5.24. The normalized spacial score (nSPS) is 13.7. The minimum Gasteiger partial charge on any atom is -0.493 e. The van der Waals surface area contributed by atoms with Gasteiger partial charge in [0, 0.05) is 31.0 Å². The number of aromatic nitrogens is 4. The van der Waals surface area contributed by atoms with Crippen molar-refractivity contribution in [3.8, 4) is 11.5 Å². The van der Waals surface area contributed by atoms with Crippen LogP contribution in [0.2, 0.25) is 0 Å². The third kappa shape index (κ3) is 5.87. The molecule has 1 saturated heterocycles. The Balaban J connectivity index is 1.56. The molecule has 3 aromatic rings. The molecule has 0 saturated carbocycles. The zero-order valence-electron chi connectivity index (χ0n) is 21.4. The smallest absolute Gasteiger partial charge is 0.286 e. The lowest BCUT2D eigenvalue weighted by Gasteiger charge is -2.28. The Labute approximate surface area is 218 Å². The van der Waals surface area contributed by atoms with Crippen molar-refractivity contribution in [3.05, 3.63) is 34.0 Å². The van der Waals surface area contributed by atoms with E-state index >= 15 is 0 Å². The first-order chi connectivity index (χ1) is 17.8. The summed E-state index contributed by atoms with van der Waals surface area (Å²) >= 11 is 1.59. The number of piperidine rings is 1. The van der Waals surface area contributed by atoms with Gasteiger partial charge in [-0.3, -0.25) is 14.9 Å². The Hall–Kier alpha value is -3.61. The number of amides is 1. The van der Waals surface area contributed by atoms with E-state index in [0.717, 1.165) is 37.1 Å². The van der Waals surface area contributed by atoms with Crippen LogP contribution < -0.4 is 19.7 Å². The average Bonchev–Trinajstić information content (AvgIpc) is 3.30. The molecule has 1 aliphatic rings. The van der Waals surface area contributed by atoms with Crippen molar-refractivity contribution < 1.29 is 19.2 Å². The number of nitro benzene ring substituents is 1. The predicted molar refractivity (Wildman–Crippen MR) is 141 cm³/mol. The minimum absolute atomic E-state index is 0.113. The molecular weight excluding hydrogens is 498 g/mol. The number of nitrogens with zero attached hydrogens (tertiary/aromatic N) is 6. The predicted octanol–water partition coefficient (Wildman–Crippen LogP) is 3.67. The van der Waals surface area contributed by atoms with Crippen molar-refractivity contribution in [1.29, 1.82) is 0 Å². The van der Waals surface area contributed by atoms with Gasteiger partial charge in [0.25, 0.3) is 11.6 Å². The zero-order chi connectivity index (χ0) is 26.5. The van der Waals surface area contributed by atoms with E-state index in [1.54, 1.807) is 22.6 Å². The van der Waals surface area contributed by atoms with Crippen LogP contribution in [-0.4, -0.2) is 69.7 Å². The third-order valence-electron chi connectivity index (χ3n) is 6.00. The van der Waals surface area contributed by atoms with Gasteiger partial charge in [-0.1, -0.05) is 25.6 Å². The molecule has 0 bridgehead atoms. The number of methoxy groups -OCH3 is 2. The van der Waals surface area contributed by atoms with Crippen LogP contribution in [-0.2, 0) is 6.54 Å². The Morgan fingerprint density at radius 3 is 2.51 bits per heavy atom. The summed E-state index contributed by atoms with van der Waals surface area (Å²) in [5.41, 5.74) is 0.220. The Bertz CT molecular complexity index is 1290. The number of hydrogen-bond acceptors (Lipinski definition) is 10. The highest BCUT2D eigenvalue weighted by Crippen LogP contribution is 2.34. The van der Waals surface area contributed by atoms with E-state index in [1.807, 2.05) is 0 Å². The summed E-state index contributed by atoms with van der Waals surface area (Å²) in [5.74, 6) is 0.703. The summed E-state index contributed by atoms with van der Waals surface area (Å²) in [5, 5.41) is 20.7. The first kappa shape index (κ1) is 26.5. The van der Waals surface area contributed by atoms with E-state index in [0.29, 0.717) is 22.6 Å². The van der Waals surface area contributed by atoms with E-state index < -0.39 is 10.8 Å². The third-order valence-corrected chi connectivity index (χ3v) is 6.87. The number of ether oxygens (including phenoxy) is 2. The molecule has 1 N–H and O–H groups in total. The fraction of sp³-hybridized carbons (Fsp3) is 0.500. The molecule has 4 rings (SSSR count). The lowest BCUT2D eigenvalue weighted by atomic mass is 10.1. The standard InChI is InChI=1S/C24H31N7O5S/c1-15(2)37-24-27-21(29-9-6-5-7-10-29)17-14-26-30(22(17)28-24)11-8-25-23(32)16-12-19(35-3)20(36-4)13-18(16)31(33)34/h12-15H,5-11H2,1-4H3,(H,25,32). The molecule has 0 aliphatic carbocycles. The number of nitrogens with one attached hydrogen (secondary N) is 1. The quantitative estimate of drug-likeness (QED) is 0.179. The summed E-state index contributed by atoms with van der Waals surface area (Å²) in [7, 11) is 2.78. The van der Waals surface area contributed by atoms with Crippen LogP contribution in [0.1, 0.15) is 43.5 Å². The van der Waals surface area contributed by atoms with Crippen LogP contribution in [0.15, 0.2) is 23.5 Å². The summed E-state index contributed by atoms with van der Waals surface area (Å²) < 4.78 is 12.1. The number of fused-ring (bicyclic) bond motifs is 1. The van der Waals surface area contributed by atoms with E-state index in [9.17, 15) is 14.9 Å². The number of thioether (sulfide) groups is 1. The van der Waals surface area contributed by atoms with E-state index in [2.05, 4.69) is 29.2 Å². The van der Waals surface area contributed by atoms with Gasteiger partial charge in [-0.2, -0.15) is 5.10 Å². The van der Waals surface area contributed by atoms with E-state index in [4.69, 9.17) is 19.4 Å². The van der Waals surface area contributed by atoms with Gasteiger partial charge in [-0.25, -0.2) is 14.6 Å². The average molecular weight is 530 g/mol. The topological polar surface area (TPSA) is 138 Å². The Morgan fingerprint density at radius 2 is 1.86 bits per heavy atom. The molecule has 0 unspecified atom stereocenters. The molecule has 0 spiro atoms. The molecule has 13 heteroatoms. The van der Waals surface area contributed by atoms with Crippen molar-refractivity contribution in [2.45, 2.75) is 50.1 Å². The highest BCUT2D eigenvalue weighted by atomic mass is 32.2. The van der Waals surface area contributed by atoms with Crippen LogP contribution in [0, 0.1) is 10.1 Å². The van der Waals surface area contributed by atoms with Crippen molar-refractivity contribution >= 4 is 40.2 Å². The number of carbonyl (C=O) groups excluding carboxylic acids is 1. The SMILES string of the molecule is COc1cc(C(=O)NCCn2ncc3c(N4CCCCC4)nc(SC(C)C)nc32)c([N+](=O)[O-])cc1OC. The molecule has 37 heavy (non-hydrogen) atoms. The lowest BCUT2D eigenvalue weighted by molar-refractivity contribution is -0.385. The Kier molecular flexibility index (Phi) is 8.31. The van der Waals surface area contributed by atoms with Crippen LogP contribution in [0.5, 0.6) is 11.5 Å². The first-order valence-electron chi connectivity index (χ1n) is 12.2. The maximum atomic E-state index is 12.9. The molecule has 12 nitrogen and oxygen atoms in total. The fourth-order valence-corrected chi connectivity index (χ4v) is 4.97. The molecule has 1 aliphatic heterocycles.